The van der Waals surface area contributed by atoms with Crippen molar-refractivity contribution in [3.63, 3.8) is 0 Å². The van der Waals surface area contributed by atoms with Gasteiger partial charge in [0.15, 0.2) is 0 Å². The van der Waals surface area contributed by atoms with Crippen LogP contribution in [0, 0.1) is 5.41 Å². The fourth-order valence-corrected chi connectivity index (χ4v) is 3.46. The predicted molar refractivity (Wildman–Crippen MR) is 61.5 cm³/mol. The lowest BCUT2D eigenvalue weighted by molar-refractivity contribution is 0.0216. The molecule has 1 unspecified atom stereocenters. The Morgan fingerprint density at radius 3 is 2.64 bits per heavy atom. The summed E-state index contributed by atoms with van der Waals surface area (Å²) in [6.07, 6.45) is 10.1. The van der Waals surface area contributed by atoms with Crippen molar-refractivity contribution >= 4 is 0 Å². The average Bonchev–Trinajstić information content (AvgIpc) is 2.28. The van der Waals surface area contributed by atoms with Gasteiger partial charge in [0, 0.05) is 6.04 Å². The third kappa shape index (κ3) is 1.84. The van der Waals surface area contributed by atoms with E-state index >= 15 is 0 Å². The van der Waals surface area contributed by atoms with E-state index in [1.807, 2.05) is 0 Å². The molecule has 2 aliphatic heterocycles. The zero-order chi connectivity index (χ0) is 10.0. The molecule has 0 radical (unpaired) electrons. The second-order valence-electron chi connectivity index (χ2n) is 5.35. The summed E-state index contributed by atoms with van der Waals surface area (Å²) in [6, 6.07) is 0.942. The van der Waals surface area contributed by atoms with Crippen LogP contribution in [0.3, 0.4) is 0 Å². The van der Waals surface area contributed by atoms with Crippen LogP contribution in [0.5, 0.6) is 0 Å². The molecule has 2 heterocycles. The molecule has 82 valence electrons. The number of rotatable bonds is 2. The number of hydrogen-bond donors (Lipinski definition) is 0. The summed E-state index contributed by atoms with van der Waals surface area (Å²) in [6.45, 7) is 7.55. The largest absolute Gasteiger partial charge is 0.300 e. The summed E-state index contributed by atoms with van der Waals surface area (Å²) in [5, 5.41) is 0. The smallest absolute Gasteiger partial charge is 0.0101 e. The molecule has 0 aromatic heterocycles. The molecular weight excluding hydrogens is 170 g/mol. The van der Waals surface area contributed by atoms with Crippen LogP contribution in [-0.2, 0) is 0 Å². The highest BCUT2D eigenvalue weighted by atomic mass is 15.2. The van der Waals surface area contributed by atoms with E-state index in [4.69, 9.17) is 0 Å². The lowest BCUT2D eigenvalue weighted by Crippen LogP contribution is -2.49. The van der Waals surface area contributed by atoms with E-state index in [1.165, 1.54) is 58.0 Å². The van der Waals surface area contributed by atoms with Crippen molar-refractivity contribution in [3.8, 4) is 0 Å². The highest BCUT2D eigenvalue weighted by molar-refractivity contribution is 4.91. The number of fused-ring (bicyclic) bond motifs is 1. The van der Waals surface area contributed by atoms with E-state index in [1.54, 1.807) is 0 Å². The van der Waals surface area contributed by atoms with Crippen LogP contribution in [0.1, 0.15) is 58.8 Å². The van der Waals surface area contributed by atoms with Gasteiger partial charge in [-0.1, -0.05) is 33.1 Å². The van der Waals surface area contributed by atoms with Gasteiger partial charge in [0.25, 0.3) is 0 Å². The monoisotopic (exact) mass is 195 g/mol. The quantitative estimate of drug-likeness (QED) is 0.652. The molecule has 0 amide bonds. The Kier molecular flexibility index (Phi) is 3.16. The van der Waals surface area contributed by atoms with Gasteiger partial charge in [-0.15, -0.1) is 0 Å². The maximum Gasteiger partial charge on any atom is 0.0101 e. The lowest BCUT2D eigenvalue weighted by Gasteiger charge is -2.48. The van der Waals surface area contributed by atoms with E-state index in [2.05, 4.69) is 18.7 Å². The second kappa shape index (κ2) is 4.22. The van der Waals surface area contributed by atoms with E-state index in [0.29, 0.717) is 5.41 Å². The topological polar surface area (TPSA) is 3.24 Å². The SMILES string of the molecule is CCC1(CC)CCN2CCCCC2C1. The summed E-state index contributed by atoms with van der Waals surface area (Å²) in [4.78, 5) is 2.76. The van der Waals surface area contributed by atoms with Gasteiger partial charge in [-0.25, -0.2) is 0 Å². The van der Waals surface area contributed by atoms with Crippen molar-refractivity contribution in [1.82, 2.24) is 4.90 Å². The van der Waals surface area contributed by atoms with Crippen LogP contribution in [0.2, 0.25) is 0 Å². The van der Waals surface area contributed by atoms with Gasteiger partial charge in [0.2, 0.25) is 0 Å². The molecule has 0 aromatic rings. The molecule has 0 saturated carbocycles. The fourth-order valence-electron chi connectivity index (χ4n) is 3.46. The molecule has 0 aromatic carbocycles. The van der Waals surface area contributed by atoms with Gasteiger partial charge in [-0.3, -0.25) is 0 Å². The molecule has 1 nitrogen and oxygen atoms in total. The van der Waals surface area contributed by atoms with Crippen LogP contribution in [0.25, 0.3) is 0 Å². The summed E-state index contributed by atoms with van der Waals surface area (Å²) in [5.74, 6) is 0. The van der Waals surface area contributed by atoms with Crippen LogP contribution in [0.15, 0.2) is 0 Å². The maximum atomic E-state index is 2.76. The summed E-state index contributed by atoms with van der Waals surface area (Å²) < 4.78 is 0. The Hall–Kier alpha value is -0.0400. The first-order valence-electron chi connectivity index (χ1n) is 6.54. The molecule has 2 fully saturated rings. The van der Waals surface area contributed by atoms with E-state index in [9.17, 15) is 0 Å². The van der Waals surface area contributed by atoms with Crippen LogP contribution >= 0.6 is 0 Å². The van der Waals surface area contributed by atoms with Crippen LogP contribution in [0.4, 0.5) is 0 Å². The van der Waals surface area contributed by atoms with Gasteiger partial charge in [0.1, 0.15) is 0 Å². The van der Waals surface area contributed by atoms with Gasteiger partial charge in [-0.2, -0.15) is 0 Å². The minimum Gasteiger partial charge on any atom is -0.300 e. The minimum absolute atomic E-state index is 0.707. The van der Waals surface area contributed by atoms with Crippen molar-refractivity contribution in [3.05, 3.63) is 0 Å². The van der Waals surface area contributed by atoms with Gasteiger partial charge in [0.05, 0.1) is 0 Å². The Morgan fingerprint density at radius 2 is 1.93 bits per heavy atom. The Morgan fingerprint density at radius 1 is 1.14 bits per heavy atom. The standard InChI is InChI=1S/C13H25N/c1-3-13(4-2)8-10-14-9-6-5-7-12(14)11-13/h12H,3-11H2,1-2H3. The maximum absolute atomic E-state index is 2.76. The molecule has 0 N–H and O–H groups in total. The van der Waals surface area contributed by atoms with E-state index < -0.39 is 0 Å². The third-order valence-corrected chi connectivity index (χ3v) is 4.85. The fraction of sp³-hybridized carbons (Fsp3) is 1.00. The zero-order valence-electron chi connectivity index (χ0n) is 9.89. The molecular formula is C13H25N. The number of piperidine rings is 2. The highest BCUT2D eigenvalue weighted by Crippen LogP contribution is 2.42. The molecule has 2 aliphatic rings. The van der Waals surface area contributed by atoms with E-state index in [0.717, 1.165) is 6.04 Å². The van der Waals surface area contributed by atoms with Gasteiger partial charge < -0.3 is 4.90 Å². The van der Waals surface area contributed by atoms with Crippen LogP contribution < -0.4 is 0 Å². The second-order valence-corrected chi connectivity index (χ2v) is 5.35. The van der Waals surface area contributed by atoms with Crippen LogP contribution in [-0.4, -0.2) is 24.0 Å². The third-order valence-electron chi connectivity index (χ3n) is 4.85. The molecule has 14 heavy (non-hydrogen) atoms. The van der Waals surface area contributed by atoms with E-state index in [-0.39, 0.29) is 0 Å². The minimum atomic E-state index is 0.707. The van der Waals surface area contributed by atoms with Crippen molar-refractivity contribution < 1.29 is 0 Å². The number of hydrogen-bond acceptors (Lipinski definition) is 1. The highest BCUT2D eigenvalue weighted by Gasteiger charge is 2.37. The van der Waals surface area contributed by atoms with Crippen molar-refractivity contribution in [1.29, 1.82) is 0 Å². The van der Waals surface area contributed by atoms with Gasteiger partial charge in [-0.05, 0) is 44.2 Å². The molecule has 1 atom stereocenters. The predicted octanol–water partition coefficient (Wildman–Crippen LogP) is 3.44. The van der Waals surface area contributed by atoms with Crippen molar-refractivity contribution in [2.75, 3.05) is 13.1 Å². The molecule has 1 heteroatoms. The average molecular weight is 195 g/mol. The first kappa shape index (κ1) is 10.5. The Balaban J connectivity index is 2.01. The molecule has 0 bridgehead atoms. The molecule has 0 spiro atoms. The summed E-state index contributed by atoms with van der Waals surface area (Å²) in [5.41, 5.74) is 0.707. The van der Waals surface area contributed by atoms with Gasteiger partial charge >= 0.3 is 0 Å². The molecule has 0 aliphatic carbocycles. The molecule has 2 saturated heterocycles. The molecule has 2 rings (SSSR count). The Labute approximate surface area is 88.9 Å². The first-order valence-corrected chi connectivity index (χ1v) is 6.54. The number of nitrogens with zero attached hydrogens (tertiary/aromatic N) is 1. The lowest BCUT2D eigenvalue weighted by atomic mass is 9.70. The summed E-state index contributed by atoms with van der Waals surface area (Å²) in [7, 11) is 0. The van der Waals surface area contributed by atoms with Crippen molar-refractivity contribution in [2.45, 2.75) is 64.8 Å². The first-order chi connectivity index (χ1) is 6.79. The normalized spacial score (nSPS) is 32.6. The zero-order valence-corrected chi connectivity index (χ0v) is 9.89. The van der Waals surface area contributed by atoms with Crippen molar-refractivity contribution in [2.24, 2.45) is 5.41 Å². The summed E-state index contributed by atoms with van der Waals surface area (Å²) >= 11 is 0. The Bertz CT molecular complexity index is 184.